The molecule has 0 aliphatic heterocycles. The lowest BCUT2D eigenvalue weighted by atomic mass is 9.69. The van der Waals surface area contributed by atoms with Crippen molar-refractivity contribution in [1.82, 2.24) is 0 Å². The van der Waals surface area contributed by atoms with Gasteiger partial charge in [-0.3, -0.25) is 0 Å². The first-order chi connectivity index (χ1) is 9.09. The Morgan fingerprint density at radius 2 is 0.950 bits per heavy atom. The Labute approximate surface area is 167 Å². The lowest BCUT2D eigenvalue weighted by molar-refractivity contribution is 0.135. The van der Waals surface area contributed by atoms with Crippen LogP contribution in [-0.4, -0.2) is 36.0 Å². The third-order valence-corrected chi connectivity index (χ3v) is 9.28. The molecule has 2 aliphatic carbocycles. The van der Waals surface area contributed by atoms with Crippen molar-refractivity contribution in [3.8, 4) is 0 Å². The van der Waals surface area contributed by atoms with E-state index >= 15 is 0 Å². The summed E-state index contributed by atoms with van der Waals surface area (Å²) in [7, 11) is 0. The lowest BCUT2D eigenvalue weighted by Crippen LogP contribution is -2.56. The molecule has 0 radical (unpaired) electrons. The molecule has 0 saturated heterocycles. The average molecular weight is 483 g/mol. The van der Waals surface area contributed by atoms with Gasteiger partial charge in [-0.05, 0) is 0 Å². The second-order valence-corrected chi connectivity index (χ2v) is 10.2. The molecule has 6 atom stereocenters. The zero-order valence-corrected chi connectivity index (χ0v) is 17.0. The molecular weight excluding hydrogens is 475 g/mol. The monoisotopic (exact) mass is 478 g/mol. The van der Waals surface area contributed by atoms with E-state index in [1.54, 1.807) is 0 Å². The number of fused-ring (bicyclic) bond motifs is 2. The Morgan fingerprint density at radius 3 is 1.15 bits per heavy atom. The van der Waals surface area contributed by atoms with Gasteiger partial charge in [0.25, 0.3) is 0 Å². The van der Waals surface area contributed by atoms with Crippen molar-refractivity contribution in [2.45, 2.75) is 36.0 Å². The van der Waals surface area contributed by atoms with Crippen LogP contribution in [0, 0.1) is 16.7 Å². The first-order valence-corrected chi connectivity index (χ1v) is 9.86. The fourth-order valence-corrected chi connectivity index (χ4v) is 9.49. The normalized spacial score (nSPS) is 47.0. The van der Waals surface area contributed by atoms with Crippen molar-refractivity contribution < 1.29 is 0 Å². The van der Waals surface area contributed by atoms with Crippen LogP contribution >= 0.6 is 116 Å². The Kier molecular flexibility index (Phi) is 6.08. The summed E-state index contributed by atoms with van der Waals surface area (Å²) in [5, 5.41) is -2.64. The van der Waals surface area contributed by atoms with Crippen molar-refractivity contribution in [2.75, 3.05) is 0 Å². The minimum atomic E-state index is -1.20. The van der Waals surface area contributed by atoms with Crippen LogP contribution < -0.4 is 0 Å². The highest BCUT2D eigenvalue weighted by molar-refractivity contribution is 6.52. The smallest absolute Gasteiger partial charge is 0.117 e. The van der Waals surface area contributed by atoms with Crippen LogP contribution in [0.5, 0.6) is 0 Å². The molecule has 0 spiro atoms. The van der Waals surface area contributed by atoms with Crippen molar-refractivity contribution in [3.63, 3.8) is 0 Å². The standard InChI is InChI=1S/C10H8Cl10/c11-2-1-3(12)5(14)10(4(2)13,8(19)20)9(1,6(15)16)7(17)18/h1-8H/t1?,2-,3-,4-,5+,10?/m1/s1. The van der Waals surface area contributed by atoms with Crippen LogP contribution in [0.3, 0.4) is 0 Å². The van der Waals surface area contributed by atoms with Gasteiger partial charge in [0.1, 0.15) is 14.5 Å². The molecule has 0 aromatic rings. The number of halogens is 10. The summed E-state index contributed by atoms with van der Waals surface area (Å²) in [6.45, 7) is 0. The third kappa shape index (κ3) is 2.03. The van der Waals surface area contributed by atoms with Gasteiger partial charge in [0.15, 0.2) is 0 Å². The zero-order chi connectivity index (χ0) is 15.6. The van der Waals surface area contributed by atoms with Gasteiger partial charge in [-0.25, -0.2) is 0 Å². The van der Waals surface area contributed by atoms with E-state index in [0.717, 1.165) is 0 Å². The van der Waals surface area contributed by atoms with Gasteiger partial charge in [0.2, 0.25) is 0 Å². The summed E-state index contributed by atoms with van der Waals surface area (Å²) in [4.78, 5) is -3.12. The molecule has 0 aromatic carbocycles. The van der Waals surface area contributed by atoms with Crippen LogP contribution in [-0.2, 0) is 0 Å². The van der Waals surface area contributed by atoms with E-state index in [0.29, 0.717) is 0 Å². The Hall–Kier alpha value is 2.90. The van der Waals surface area contributed by atoms with E-state index in [9.17, 15) is 0 Å². The van der Waals surface area contributed by atoms with E-state index in [-0.39, 0.29) is 0 Å². The first-order valence-electron chi connectivity index (χ1n) is 5.50. The maximum Gasteiger partial charge on any atom is 0.117 e. The number of hydrogen-bond acceptors (Lipinski definition) is 0. The van der Waals surface area contributed by atoms with Crippen molar-refractivity contribution in [1.29, 1.82) is 0 Å². The largest absolute Gasteiger partial charge is 0.121 e. The second kappa shape index (κ2) is 6.32. The minimum absolute atomic E-state index is 0.518. The van der Waals surface area contributed by atoms with Gasteiger partial charge >= 0.3 is 0 Å². The summed E-state index contributed by atoms with van der Waals surface area (Å²) >= 11 is 63.0. The minimum Gasteiger partial charge on any atom is -0.121 e. The predicted molar refractivity (Wildman–Crippen MR) is 93.4 cm³/mol. The molecule has 0 nitrogen and oxygen atoms in total. The zero-order valence-electron chi connectivity index (χ0n) is 9.40. The molecule has 10 heteroatoms. The molecule has 2 fully saturated rings. The lowest BCUT2D eigenvalue weighted by Gasteiger charge is -2.48. The maximum absolute atomic E-state index is 6.47. The molecule has 20 heavy (non-hydrogen) atoms. The van der Waals surface area contributed by atoms with Crippen LogP contribution in [0.15, 0.2) is 0 Å². The van der Waals surface area contributed by atoms with Gasteiger partial charge in [-0.1, -0.05) is 0 Å². The summed E-state index contributed by atoms with van der Waals surface area (Å²) in [6.07, 6.45) is 0. The van der Waals surface area contributed by atoms with Crippen LogP contribution in [0.25, 0.3) is 0 Å². The maximum atomic E-state index is 6.47. The highest BCUT2D eigenvalue weighted by Crippen LogP contribution is 2.77. The van der Waals surface area contributed by atoms with E-state index in [4.69, 9.17) is 116 Å². The molecule has 0 N–H and O–H groups in total. The van der Waals surface area contributed by atoms with Gasteiger partial charge in [-0.2, -0.15) is 0 Å². The molecule has 2 saturated carbocycles. The fraction of sp³-hybridized carbons (Fsp3) is 1.00. The van der Waals surface area contributed by atoms with Crippen LogP contribution in [0.2, 0.25) is 0 Å². The van der Waals surface area contributed by atoms with Crippen LogP contribution in [0.4, 0.5) is 0 Å². The van der Waals surface area contributed by atoms with Gasteiger partial charge in [0.05, 0.1) is 21.5 Å². The Balaban J connectivity index is 2.78. The fourth-order valence-electron chi connectivity index (χ4n) is 3.71. The summed E-state index contributed by atoms with van der Waals surface area (Å²) in [6, 6.07) is 0. The van der Waals surface area contributed by atoms with Crippen molar-refractivity contribution in [2.24, 2.45) is 16.7 Å². The molecule has 2 aliphatic rings. The number of hydrogen-bond donors (Lipinski definition) is 0. The Morgan fingerprint density at radius 1 is 0.600 bits per heavy atom. The highest BCUT2D eigenvalue weighted by atomic mass is 35.5. The molecular formula is C10H8Cl10. The highest BCUT2D eigenvalue weighted by Gasteiger charge is 2.84. The van der Waals surface area contributed by atoms with E-state index in [2.05, 4.69) is 0 Å². The molecule has 2 rings (SSSR count). The predicted octanol–water partition coefficient (Wildman–Crippen LogP) is 6.44. The quantitative estimate of drug-likeness (QED) is 0.406. The van der Waals surface area contributed by atoms with E-state index in [1.165, 1.54) is 0 Å². The molecule has 2 unspecified atom stereocenters. The topological polar surface area (TPSA) is 0 Å². The van der Waals surface area contributed by atoms with Crippen LogP contribution in [0.1, 0.15) is 0 Å². The van der Waals surface area contributed by atoms with Crippen molar-refractivity contribution in [3.05, 3.63) is 0 Å². The molecule has 0 amide bonds. The number of rotatable bonds is 3. The summed E-state index contributed by atoms with van der Waals surface area (Å²) in [5.41, 5.74) is -2.41. The van der Waals surface area contributed by atoms with E-state index in [1.807, 2.05) is 0 Å². The third-order valence-electron chi connectivity index (χ3n) is 4.54. The average Bonchev–Trinajstić information content (AvgIpc) is 2.67. The summed E-state index contributed by atoms with van der Waals surface area (Å²) < 4.78 is 0. The molecule has 2 bridgehead atoms. The molecule has 0 heterocycles. The second-order valence-electron chi connectivity index (χ2n) is 4.99. The Bertz CT molecular complexity index is 347. The molecule has 0 aromatic heterocycles. The number of alkyl halides is 10. The first kappa shape index (κ1) is 19.2. The van der Waals surface area contributed by atoms with E-state index < -0.39 is 52.8 Å². The summed E-state index contributed by atoms with van der Waals surface area (Å²) in [5.74, 6) is -0.518. The van der Waals surface area contributed by atoms with Gasteiger partial charge in [0, 0.05) is 16.7 Å². The van der Waals surface area contributed by atoms with Crippen molar-refractivity contribution >= 4 is 116 Å². The van der Waals surface area contributed by atoms with Gasteiger partial charge < -0.3 is 0 Å². The van der Waals surface area contributed by atoms with Gasteiger partial charge in [-0.15, -0.1) is 116 Å². The molecule has 118 valence electrons. The SMILES string of the molecule is ClC(Cl)C1(C(Cl)Cl)C2[C@@H](Cl)[C@@H](Cl)C1(C(Cl)Cl)[C@@H](Cl)[C@@H]2Cl.